The first-order valence-electron chi connectivity index (χ1n) is 13.1. The van der Waals surface area contributed by atoms with E-state index in [1.807, 2.05) is 58.0 Å². The van der Waals surface area contributed by atoms with Crippen LogP contribution in [0.25, 0.3) is 0 Å². The number of anilines is 1. The molecule has 0 saturated heterocycles. The molecule has 9 heteroatoms. The number of nitrogens with zero attached hydrogens (tertiary/aromatic N) is 2. The fourth-order valence-electron chi connectivity index (χ4n) is 4.11. The molecule has 39 heavy (non-hydrogen) atoms. The van der Waals surface area contributed by atoms with Gasteiger partial charge in [0.2, 0.25) is 11.8 Å². The standard InChI is InChI=1S/C30H36ClN3O4S/c1-5-23(4)32-30(36)28(6-2)33(20-24-10-8-7-9-11-24)29(35)21-34(26-16-12-22(3)13-17-26)39(37,38)27-18-14-25(31)15-19-27/h7-19,23,28H,5-6,20-21H2,1-4H3,(H,32,36). The maximum atomic E-state index is 14.0. The molecule has 1 N–H and O–H groups in total. The Bertz CT molecular complexity index is 1350. The summed E-state index contributed by atoms with van der Waals surface area (Å²) in [6.45, 7) is 7.30. The molecule has 7 nitrogen and oxygen atoms in total. The molecule has 0 aliphatic rings. The smallest absolute Gasteiger partial charge is 0.264 e. The molecule has 0 heterocycles. The van der Waals surface area contributed by atoms with E-state index < -0.39 is 28.5 Å². The zero-order valence-corrected chi connectivity index (χ0v) is 24.4. The summed E-state index contributed by atoms with van der Waals surface area (Å²) in [6, 6.07) is 21.3. The Morgan fingerprint density at radius 1 is 0.897 bits per heavy atom. The Balaban J connectivity index is 2.04. The molecule has 0 spiro atoms. The van der Waals surface area contributed by atoms with Crippen molar-refractivity contribution in [3.63, 3.8) is 0 Å². The van der Waals surface area contributed by atoms with Gasteiger partial charge in [0.1, 0.15) is 12.6 Å². The second-order valence-electron chi connectivity index (χ2n) is 9.55. The van der Waals surface area contributed by atoms with Crippen molar-refractivity contribution < 1.29 is 18.0 Å². The van der Waals surface area contributed by atoms with E-state index in [0.717, 1.165) is 21.9 Å². The van der Waals surface area contributed by atoms with Crippen LogP contribution in [0.15, 0.2) is 83.8 Å². The monoisotopic (exact) mass is 569 g/mol. The third-order valence-electron chi connectivity index (χ3n) is 6.59. The number of nitrogens with one attached hydrogen (secondary N) is 1. The van der Waals surface area contributed by atoms with Crippen LogP contribution in [-0.2, 0) is 26.2 Å². The second-order valence-corrected chi connectivity index (χ2v) is 11.8. The molecule has 0 aliphatic carbocycles. The highest BCUT2D eigenvalue weighted by Gasteiger charge is 2.34. The van der Waals surface area contributed by atoms with Crippen LogP contribution >= 0.6 is 11.6 Å². The molecular formula is C30H36ClN3O4S. The van der Waals surface area contributed by atoms with E-state index in [0.29, 0.717) is 17.1 Å². The number of aryl methyl sites for hydroxylation is 1. The minimum Gasteiger partial charge on any atom is -0.352 e. The molecule has 208 valence electrons. The summed E-state index contributed by atoms with van der Waals surface area (Å²) < 4.78 is 28.8. The Morgan fingerprint density at radius 3 is 2.08 bits per heavy atom. The summed E-state index contributed by atoms with van der Waals surface area (Å²) in [4.78, 5) is 28.8. The molecule has 0 radical (unpaired) electrons. The molecule has 0 saturated carbocycles. The highest BCUT2D eigenvalue weighted by Crippen LogP contribution is 2.26. The fourth-order valence-corrected chi connectivity index (χ4v) is 5.65. The molecule has 0 bridgehead atoms. The number of carbonyl (C=O) groups is 2. The van der Waals surface area contributed by atoms with Crippen molar-refractivity contribution >= 4 is 39.1 Å². The number of sulfonamides is 1. The Kier molecular flexibility index (Phi) is 10.5. The summed E-state index contributed by atoms with van der Waals surface area (Å²) in [5.41, 5.74) is 2.14. The molecule has 3 rings (SSSR count). The maximum absolute atomic E-state index is 14.0. The normalized spacial score (nSPS) is 12.8. The number of rotatable bonds is 12. The molecule has 2 atom stereocenters. The number of hydrogen-bond donors (Lipinski definition) is 1. The lowest BCUT2D eigenvalue weighted by atomic mass is 10.1. The first-order chi connectivity index (χ1) is 18.6. The van der Waals surface area contributed by atoms with Crippen molar-refractivity contribution in [1.29, 1.82) is 0 Å². The van der Waals surface area contributed by atoms with Gasteiger partial charge in [-0.1, -0.05) is 73.5 Å². The van der Waals surface area contributed by atoms with Gasteiger partial charge >= 0.3 is 0 Å². The van der Waals surface area contributed by atoms with Gasteiger partial charge in [0.25, 0.3) is 10.0 Å². The minimum absolute atomic E-state index is 0.0106. The van der Waals surface area contributed by atoms with Crippen molar-refractivity contribution in [2.45, 2.75) is 64.1 Å². The number of halogens is 1. The molecule has 0 fully saturated rings. The number of benzene rings is 3. The van der Waals surface area contributed by atoms with Gasteiger partial charge in [0.15, 0.2) is 0 Å². The number of hydrogen-bond acceptors (Lipinski definition) is 4. The van der Waals surface area contributed by atoms with Gasteiger partial charge in [-0.3, -0.25) is 13.9 Å². The van der Waals surface area contributed by atoms with Crippen molar-refractivity contribution in [2.24, 2.45) is 0 Å². The van der Waals surface area contributed by atoms with Crippen LogP contribution in [0.2, 0.25) is 5.02 Å². The van der Waals surface area contributed by atoms with Crippen LogP contribution in [0.3, 0.4) is 0 Å². The van der Waals surface area contributed by atoms with Crippen molar-refractivity contribution in [1.82, 2.24) is 10.2 Å². The molecule has 3 aromatic carbocycles. The molecule has 2 amide bonds. The third-order valence-corrected chi connectivity index (χ3v) is 8.63. The molecule has 2 unspecified atom stereocenters. The summed E-state index contributed by atoms with van der Waals surface area (Å²) in [5, 5.41) is 3.38. The van der Waals surface area contributed by atoms with Crippen LogP contribution in [0.1, 0.15) is 44.7 Å². The van der Waals surface area contributed by atoms with E-state index >= 15 is 0 Å². The van der Waals surface area contributed by atoms with Gasteiger partial charge in [-0.25, -0.2) is 8.42 Å². The fraction of sp³-hybridized carbons (Fsp3) is 0.333. The lowest BCUT2D eigenvalue weighted by Crippen LogP contribution is -2.53. The van der Waals surface area contributed by atoms with E-state index in [2.05, 4.69) is 5.32 Å². The topological polar surface area (TPSA) is 86.8 Å². The summed E-state index contributed by atoms with van der Waals surface area (Å²) in [7, 11) is -4.13. The highest BCUT2D eigenvalue weighted by molar-refractivity contribution is 7.92. The van der Waals surface area contributed by atoms with E-state index in [4.69, 9.17) is 11.6 Å². The average molecular weight is 570 g/mol. The lowest BCUT2D eigenvalue weighted by Gasteiger charge is -2.33. The Labute approximate surface area is 236 Å². The Hall–Kier alpha value is -3.36. The maximum Gasteiger partial charge on any atom is 0.264 e. The van der Waals surface area contributed by atoms with Crippen molar-refractivity contribution in [3.8, 4) is 0 Å². The van der Waals surface area contributed by atoms with E-state index in [1.54, 1.807) is 24.3 Å². The largest absolute Gasteiger partial charge is 0.352 e. The summed E-state index contributed by atoms with van der Waals surface area (Å²) in [6.07, 6.45) is 1.12. The van der Waals surface area contributed by atoms with Gasteiger partial charge in [-0.2, -0.15) is 0 Å². The predicted octanol–water partition coefficient (Wildman–Crippen LogP) is 5.57. The zero-order chi connectivity index (χ0) is 28.6. The first kappa shape index (κ1) is 30.2. The first-order valence-corrected chi connectivity index (χ1v) is 14.9. The zero-order valence-electron chi connectivity index (χ0n) is 22.8. The molecular weight excluding hydrogens is 534 g/mol. The van der Waals surface area contributed by atoms with Crippen LogP contribution in [-0.4, -0.2) is 43.8 Å². The van der Waals surface area contributed by atoms with Gasteiger partial charge in [0, 0.05) is 17.6 Å². The predicted molar refractivity (Wildman–Crippen MR) is 156 cm³/mol. The van der Waals surface area contributed by atoms with Crippen molar-refractivity contribution in [2.75, 3.05) is 10.8 Å². The van der Waals surface area contributed by atoms with Gasteiger partial charge in [0.05, 0.1) is 10.6 Å². The van der Waals surface area contributed by atoms with E-state index in [9.17, 15) is 18.0 Å². The molecule has 3 aromatic rings. The number of amides is 2. The number of carbonyl (C=O) groups excluding carboxylic acids is 2. The summed E-state index contributed by atoms with van der Waals surface area (Å²) >= 11 is 6.00. The summed E-state index contributed by atoms with van der Waals surface area (Å²) in [5.74, 6) is -0.748. The van der Waals surface area contributed by atoms with Gasteiger partial charge in [-0.05, 0) is 68.7 Å². The highest BCUT2D eigenvalue weighted by atomic mass is 35.5. The van der Waals surface area contributed by atoms with Gasteiger partial charge in [-0.15, -0.1) is 0 Å². The van der Waals surface area contributed by atoms with Crippen LogP contribution in [0, 0.1) is 6.92 Å². The minimum atomic E-state index is -4.13. The van der Waals surface area contributed by atoms with Gasteiger partial charge < -0.3 is 10.2 Å². The van der Waals surface area contributed by atoms with Crippen LogP contribution < -0.4 is 9.62 Å². The molecule has 0 aliphatic heterocycles. The van der Waals surface area contributed by atoms with E-state index in [1.165, 1.54) is 29.2 Å². The lowest BCUT2D eigenvalue weighted by molar-refractivity contribution is -0.140. The quantitative estimate of drug-likeness (QED) is 0.309. The third kappa shape index (κ3) is 7.83. The molecule has 0 aromatic heterocycles. The average Bonchev–Trinajstić information content (AvgIpc) is 2.92. The Morgan fingerprint density at radius 2 is 1.51 bits per heavy atom. The van der Waals surface area contributed by atoms with E-state index in [-0.39, 0.29) is 23.4 Å². The van der Waals surface area contributed by atoms with Crippen LogP contribution in [0.4, 0.5) is 5.69 Å². The second kappa shape index (κ2) is 13.6. The SMILES string of the molecule is CCC(C)NC(=O)C(CC)N(Cc1ccccc1)C(=O)CN(c1ccc(C)cc1)S(=O)(=O)c1ccc(Cl)cc1. The van der Waals surface area contributed by atoms with Crippen molar-refractivity contribution in [3.05, 3.63) is 95.0 Å². The van der Waals surface area contributed by atoms with Crippen LogP contribution in [0.5, 0.6) is 0 Å².